The van der Waals surface area contributed by atoms with Crippen molar-refractivity contribution < 1.29 is 14.3 Å². The first kappa shape index (κ1) is 17.0. The topological polar surface area (TPSA) is 67.4 Å². The average Bonchev–Trinajstić information content (AvgIpc) is 2.44. The summed E-state index contributed by atoms with van der Waals surface area (Å²) in [7, 11) is 0. The van der Waals surface area contributed by atoms with Crippen LogP contribution in [0.5, 0.6) is 5.75 Å². The Morgan fingerprint density at radius 3 is 2.29 bits per heavy atom. The van der Waals surface area contributed by atoms with E-state index in [0.29, 0.717) is 12.1 Å². The summed E-state index contributed by atoms with van der Waals surface area (Å²) in [6, 6.07) is 6.30. The van der Waals surface area contributed by atoms with Gasteiger partial charge in [-0.25, -0.2) is 0 Å². The number of nitrogens with one attached hydrogen (secondary N) is 2. The average molecular weight is 292 g/mol. The van der Waals surface area contributed by atoms with Crippen LogP contribution in [0.2, 0.25) is 0 Å². The summed E-state index contributed by atoms with van der Waals surface area (Å²) in [6.45, 7) is 8.14. The van der Waals surface area contributed by atoms with Crippen LogP contribution in [-0.4, -0.2) is 30.5 Å². The van der Waals surface area contributed by atoms with Crippen LogP contribution >= 0.6 is 0 Å². The molecule has 1 unspecified atom stereocenters. The van der Waals surface area contributed by atoms with Crippen molar-refractivity contribution in [3.05, 3.63) is 29.8 Å². The van der Waals surface area contributed by atoms with E-state index in [2.05, 4.69) is 10.6 Å². The van der Waals surface area contributed by atoms with Crippen molar-refractivity contribution in [1.29, 1.82) is 0 Å². The molecule has 0 heterocycles. The van der Waals surface area contributed by atoms with Gasteiger partial charge >= 0.3 is 0 Å². The third kappa shape index (κ3) is 5.85. The first-order valence-electron chi connectivity index (χ1n) is 7.29. The van der Waals surface area contributed by atoms with Gasteiger partial charge in [0.25, 0.3) is 5.91 Å². The van der Waals surface area contributed by atoms with Gasteiger partial charge in [0.15, 0.2) is 0 Å². The van der Waals surface area contributed by atoms with E-state index in [1.165, 1.54) is 0 Å². The predicted octanol–water partition coefficient (Wildman–Crippen LogP) is 2.12. The molecular weight excluding hydrogens is 268 g/mol. The Hall–Kier alpha value is -2.04. The number of carbonyl (C=O) groups is 2. The maximum absolute atomic E-state index is 12.0. The van der Waals surface area contributed by atoms with Crippen molar-refractivity contribution in [2.75, 3.05) is 6.54 Å². The standard InChI is InChI=1S/C16H24N2O3/c1-5-10-17-15(19)12(4)18-16(20)13-6-8-14(9-7-13)21-11(2)3/h6-9,11-12H,5,10H2,1-4H3,(H,17,19)(H,18,20). The number of amides is 2. The fourth-order valence-corrected chi connectivity index (χ4v) is 1.70. The monoisotopic (exact) mass is 292 g/mol. The molecule has 0 radical (unpaired) electrons. The Bertz CT molecular complexity index is 469. The summed E-state index contributed by atoms with van der Waals surface area (Å²) in [4.78, 5) is 23.7. The summed E-state index contributed by atoms with van der Waals surface area (Å²) < 4.78 is 5.52. The Morgan fingerprint density at radius 1 is 1.14 bits per heavy atom. The number of hydrogen-bond donors (Lipinski definition) is 2. The molecule has 0 aromatic heterocycles. The van der Waals surface area contributed by atoms with Crippen LogP contribution in [0.15, 0.2) is 24.3 Å². The molecule has 2 N–H and O–H groups in total. The first-order valence-corrected chi connectivity index (χ1v) is 7.29. The van der Waals surface area contributed by atoms with Crippen molar-refractivity contribution in [2.24, 2.45) is 0 Å². The molecule has 0 aliphatic carbocycles. The van der Waals surface area contributed by atoms with Gasteiger partial charge in [-0.2, -0.15) is 0 Å². The van der Waals surface area contributed by atoms with E-state index in [0.717, 1.165) is 12.2 Å². The predicted molar refractivity (Wildman–Crippen MR) is 82.4 cm³/mol. The molecule has 0 fully saturated rings. The van der Waals surface area contributed by atoms with Gasteiger partial charge < -0.3 is 15.4 Å². The molecule has 0 aliphatic rings. The van der Waals surface area contributed by atoms with Gasteiger partial charge in [0.2, 0.25) is 5.91 Å². The number of rotatable bonds is 7. The molecule has 21 heavy (non-hydrogen) atoms. The minimum Gasteiger partial charge on any atom is -0.491 e. The van der Waals surface area contributed by atoms with Crippen LogP contribution in [0.3, 0.4) is 0 Å². The molecule has 1 aromatic rings. The van der Waals surface area contributed by atoms with Crippen LogP contribution in [0.1, 0.15) is 44.5 Å². The lowest BCUT2D eigenvalue weighted by atomic mass is 10.2. The van der Waals surface area contributed by atoms with Crippen molar-refractivity contribution in [3.63, 3.8) is 0 Å². The molecule has 2 amide bonds. The van der Waals surface area contributed by atoms with Crippen molar-refractivity contribution in [3.8, 4) is 5.75 Å². The Balaban J connectivity index is 2.57. The van der Waals surface area contributed by atoms with Gasteiger partial charge in [-0.1, -0.05) is 6.92 Å². The lowest BCUT2D eigenvalue weighted by molar-refractivity contribution is -0.122. The number of hydrogen-bond acceptors (Lipinski definition) is 3. The maximum atomic E-state index is 12.0. The molecule has 1 rings (SSSR count). The minimum atomic E-state index is -0.560. The van der Waals surface area contributed by atoms with Crippen molar-refractivity contribution in [1.82, 2.24) is 10.6 Å². The highest BCUT2D eigenvalue weighted by molar-refractivity contribution is 5.97. The Morgan fingerprint density at radius 2 is 1.76 bits per heavy atom. The van der Waals surface area contributed by atoms with E-state index >= 15 is 0 Å². The largest absolute Gasteiger partial charge is 0.491 e. The second kappa shape index (κ2) is 8.29. The highest BCUT2D eigenvalue weighted by atomic mass is 16.5. The summed E-state index contributed by atoms with van der Waals surface area (Å²) in [5, 5.41) is 5.42. The lowest BCUT2D eigenvalue weighted by Gasteiger charge is -2.14. The molecule has 0 aliphatic heterocycles. The van der Waals surface area contributed by atoms with Crippen LogP contribution in [-0.2, 0) is 4.79 Å². The molecular formula is C16H24N2O3. The fraction of sp³-hybridized carbons (Fsp3) is 0.500. The molecule has 0 saturated carbocycles. The second-order valence-electron chi connectivity index (χ2n) is 5.18. The van der Waals surface area contributed by atoms with E-state index in [1.807, 2.05) is 20.8 Å². The molecule has 0 saturated heterocycles. The zero-order valence-corrected chi connectivity index (χ0v) is 13.1. The summed E-state index contributed by atoms with van der Waals surface area (Å²) in [5.41, 5.74) is 0.501. The van der Waals surface area contributed by atoms with Crippen molar-refractivity contribution >= 4 is 11.8 Å². The van der Waals surface area contributed by atoms with Gasteiger partial charge in [0.1, 0.15) is 11.8 Å². The zero-order valence-electron chi connectivity index (χ0n) is 13.1. The molecule has 1 aromatic carbocycles. The van der Waals surface area contributed by atoms with E-state index < -0.39 is 6.04 Å². The number of ether oxygens (including phenoxy) is 1. The SMILES string of the molecule is CCCNC(=O)C(C)NC(=O)c1ccc(OC(C)C)cc1. The Labute approximate surface area is 126 Å². The maximum Gasteiger partial charge on any atom is 0.251 e. The van der Waals surface area contributed by atoms with Crippen LogP contribution in [0.25, 0.3) is 0 Å². The van der Waals surface area contributed by atoms with Gasteiger partial charge in [-0.3, -0.25) is 9.59 Å². The second-order valence-corrected chi connectivity index (χ2v) is 5.18. The van der Waals surface area contributed by atoms with E-state index in [9.17, 15) is 9.59 Å². The molecule has 0 bridgehead atoms. The lowest BCUT2D eigenvalue weighted by Crippen LogP contribution is -2.44. The molecule has 0 spiro atoms. The molecule has 1 atom stereocenters. The van der Waals surface area contributed by atoms with E-state index in [4.69, 9.17) is 4.74 Å². The summed E-state index contributed by atoms with van der Waals surface area (Å²) in [6.07, 6.45) is 0.955. The van der Waals surface area contributed by atoms with Crippen LogP contribution < -0.4 is 15.4 Å². The smallest absolute Gasteiger partial charge is 0.251 e. The Kier molecular flexibility index (Phi) is 6.72. The molecule has 5 nitrogen and oxygen atoms in total. The molecule has 116 valence electrons. The third-order valence-corrected chi connectivity index (χ3v) is 2.78. The van der Waals surface area contributed by atoms with Gasteiger partial charge in [0.05, 0.1) is 6.10 Å². The highest BCUT2D eigenvalue weighted by Crippen LogP contribution is 2.13. The van der Waals surface area contributed by atoms with Crippen LogP contribution in [0, 0.1) is 0 Å². The summed E-state index contributed by atoms with van der Waals surface area (Å²) in [5.74, 6) is 0.269. The van der Waals surface area contributed by atoms with Crippen LogP contribution in [0.4, 0.5) is 0 Å². The zero-order chi connectivity index (χ0) is 15.8. The minimum absolute atomic E-state index is 0.0898. The van der Waals surface area contributed by atoms with Gasteiger partial charge in [0, 0.05) is 12.1 Å². The fourth-order valence-electron chi connectivity index (χ4n) is 1.70. The number of benzene rings is 1. The van der Waals surface area contributed by atoms with Gasteiger partial charge in [-0.05, 0) is 51.5 Å². The number of carbonyl (C=O) groups excluding carboxylic acids is 2. The van der Waals surface area contributed by atoms with E-state index in [-0.39, 0.29) is 17.9 Å². The van der Waals surface area contributed by atoms with Gasteiger partial charge in [-0.15, -0.1) is 0 Å². The molecule has 5 heteroatoms. The highest BCUT2D eigenvalue weighted by Gasteiger charge is 2.16. The first-order chi connectivity index (χ1) is 9.93. The normalized spacial score (nSPS) is 11.9. The van der Waals surface area contributed by atoms with E-state index in [1.54, 1.807) is 31.2 Å². The quantitative estimate of drug-likeness (QED) is 0.809. The third-order valence-electron chi connectivity index (χ3n) is 2.78. The summed E-state index contributed by atoms with van der Waals surface area (Å²) >= 11 is 0. The van der Waals surface area contributed by atoms with Crippen molar-refractivity contribution in [2.45, 2.75) is 46.3 Å².